The maximum Gasteiger partial charge on any atom is 0.360 e. The maximum atomic E-state index is 13.5. The van der Waals surface area contributed by atoms with Crippen LogP contribution in [0.5, 0.6) is 0 Å². The monoisotopic (exact) mass is 276 g/mol. The predicted molar refractivity (Wildman–Crippen MR) is 55.8 cm³/mol. The highest BCUT2D eigenvalue weighted by Gasteiger charge is 2.22. The lowest BCUT2D eigenvalue weighted by Crippen LogP contribution is -2.08. The van der Waals surface area contributed by atoms with E-state index in [-0.39, 0.29) is 0 Å². The molecule has 94 valence electrons. The molecule has 1 aromatic carbocycles. The van der Waals surface area contributed by atoms with Crippen LogP contribution < -0.4 is 0 Å². The summed E-state index contributed by atoms with van der Waals surface area (Å²) in [4.78, 5) is 11.2. The van der Waals surface area contributed by atoms with Crippen molar-refractivity contribution < 1.29 is 22.7 Å². The van der Waals surface area contributed by atoms with Crippen LogP contribution in [0, 0.1) is 17.5 Å². The lowest BCUT2D eigenvalue weighted by Gasteiger charge is -2.06. The van der Waals surface area contributed by atoms with E-state index in [9.17, 15) is 18.0 Å². The molecule has 0 aliphatic heterocycles. The molecule has 0 fully saturated rings. The average Bonchev–Trinajstić information content (AvgIpc) is 2.34. The molecule has 0 N–H and O–H groups in total. The van der Waals surface area contributed by atoms with Gasteiger partial charge in [-0.3, -0.25) is 0 Å². The van der Waals surface area contributed by atoms with E-state index in [1.807, 2.05) is 0 Å². The van der Waals surface area contributed by atoms with Crippen molar-refractivity contribution in [2.45, 2.75) is 0 Å². The van der Waals surface area contributed by atoms with Gasteiger partial charge in [-0.25, -0.2) is 18.0 Å². The summed E-state index contributed by atoms with van der Waals surface area (Å²) in [6.07, 6.45) is 0. The van der Waals surface area contributed by atoms with Gasteiger partial charge in [-0.15, -0.1) is 10.2 Å². The van der Waals surface area contributed by atoms with E-state index in [2.05, 4.69) is 14.9 Å². The molecule has 4 nitrogen and oxygen atoms in total. The van der Waals surface area contributed by atoms with Crippen LogP contribution >= 0.6 is 11.6 Å². The molecule has 0 aliphatic carbocycles. The second kappa shape index (κ2) is 4.41. The Balaban J connectivity index is 2.87. The standard InChI is InChI=1S/C10H4ClF3N2O2/c1-18-10(17)9-6(11)5-3(12)2-4(13)7(14)8(5)15-16-9/h2H,1H3. The second-order valence-corrected chi connectivity index (χ2v) is 3.61. The topological polar surface area (TPSA) is 52.1 Å². The largest absolute Gasteiger partial charge is 0.464 e. The number of halogens is 4. The molecule has 2 rings (SSSR count). The highest BCUT2D eigenvalue weighted by molar-refractivity contribution is 6.37. The van der Waals surface area contributed by atoms with Crippen molar-refractivity contribution in [3.63, 3.8) is 0 Å². The van der Waals surface area contributed by atoms with Crippen LogP contribution in [0.1, 0.15) is 10.5 Å². The maximum absolute atomic E-state index is 13.5. The van der Waals surface area contributed by atoms with Crippen LogP contribution in [0.25, 0.3) is 10.9 Å². The molecule has 0 saturated carbocycles. The molecular weight excluding hydrogens is 273 g/mol. The smallest absolute Gasteiger partial charge is 0.360 e. The van der Waals surface area contributed by atoms with Gasteiger partial charge in [0.2, 0.25) is 0 Å². The predicted octanol–water partition coefficient (Wildman–Crippen LogP) is 2.49. The zero-order valence-electron chi connectivity index (χ0n) is 8.80. The number of methoxy groups -OCH3 is 1. The third-order valence-corrected chi connectivity index (χ3v) is 2.57. The summed E-state index contributed by atoms with van der Waals surface area (Å²) < 4.78 is 44.2. The van der Waals surface area contributed by atoms with E-state index in [4.69, 9.17) is 11.6 Å². The molecule has 1 aromatic heterocycles. The molecule has 18 heavy (non-hydrogen) atoms. The van der Waals surface area contributed by atoms with Gasteiger partial charge in [-0.05, 0) is 0 Å². The zero-order valence-corrected chi connectivity index (χ0v) is 9.56. The molecule has 2 aromatic rings. The number of hydrogen-bond donors (Lipinski definition) is 0. The first-order valence-corrected chi connectivity index (χ1v) is 4.92. The Morgan fingerprint density at radius 1 is 1.28 bits per heavy atom. The summed E-state index contributed by atoms with van der Waals surface area (Å²) >= 11 is 5.71. The molecule has 0 aliphatic rings. The van der Waals surface area contributed by atoms with Crippen molar-refractivity contribution in [3.8, 4) is 0 Å². The van der Waals surface area contributed by atoms with Gasteiger partial charge in [0.1, 0.15) is 11.3 Å². The Hall–Kier alpha value is -1.89. The van der Waals surface area contributed by atoms with Crippen LogP contribution in [0.15, 0.2) is 6.07 Å². The number of esters is 1. The van der Waals surface area contributed by atoms with Crippen molar-refractivity contribution in [3.05, 3.63) is 34.2 Å². The van der Waals surface area contributed by atoms with Crippen molar-refractivity contribution in [1.82, 2.24) is 10.2 Å². The molecule has 8 heteroatoms. The van der Waals surface area contributed by atoms with E-state index in [0.29, 0.717) is 6.07 Å². The summed E-state index contributed by atoms with van der Waals surface area (Å²) in [6.45, 7) is 0. The number of rotatable bonds is 1. The minimum Gasteiger partial charge on any atom is -0.464 e. The second-order valence-electron chi connectivity index (χ2n) is 3.23. The number of benzene rings is 1. The van der Waals surface area contributed by atoms with Crippen molar-refractivity contribution in [1.29, 1.82) is 0 Å². The minimum absolute atomic E-state index is 0.312. The minimum atomic E-state index is -1.42. The van der Waals surface area contributed by atoms with E-state index in [1.165, 1.54) is 0 Å². The van der Waals surface area contributed by atoms with Crippen LogP contribution in [0.2, 0.25) is 5.02 Å². The summed E-state index contributed by atoms with van der Waals surface area (Å²) in [5.74, 6) is -4.92. The summed E-state index contributed by atoms with van der Waals surface area (Å²) in [5.41, 5.74) is -1.17. The third kappa shape index (κ3) is 1.76. The van der Waals surface area contributed by atoms with Gasteiger partial charge in [-0.2, -0.15) is 0 Å². The first kappa shape index (κ1) is 12.6. The van der Waals surface area contributed by atoms with Crippen LogP contribution in [0.4, 0.5) is 13.2 Å². The molecule has 0 radical (unpaired) electrons. The Morgan fingerprint density at radius 2 is 1.94 bits per heavy atom. The first-order chi connectivity index (χ1) is 8.47. The van der Waals surface area contributed by atoms with E-state index >= 15 is 0 Å². The number of carbonyl (C=O) groups is 1. The molecule has 0 amide bonds. The number of nitrogens with zero attached hydrogens (tertiary/aromatic N) is 2. The Labute approximate surface area is 103 Å². The van der Waals surface area contributed by atoms with Crippen molar-refractivity contribution in [2.24, 2.45) is 0 Å². The van der Waals surface area contributed by atoms with Crippen LogP contribution in [-0.2, 0) is 4.74 Å². The molecule has 0 atom stereocenters. The molecule has 0 unspecified atom stereocenters. The van der Waals surface area contributed by atoms with Gasteiger partial charge in [-0.1, -0.05) is 11.6 Å². The summed E-state index contributed by atoms with van der Waals surface area (Å²) in [5, 5.41) is 5.53. The van der Waals surface area contributed by atoms with Crippen molar-refractivity contribution >= 4 is 28.5 Å². The van der Waals surface area contributed by atoms with E-state index in [0.717, 1.165) is 7.11 Å². The molecule has 0 bridgehead atoms. The molecule has 1 heterocycles. The van der Waals surface area contributed by atoms with Gasteiger partial charge in [0.15, 0.2) is 17.3 Å². The number of aromatic nitrogens is 2. The Morgan fingerprint density at radius 3 is 2.56 bits per heavy atom. The SMILES string of the molecule is COC(=O)c1nnc2c(F)c(F)cc(F)c2c1Cl. The van der Waals surface area contributed by atoms with Crippen LogP contribution in [-0.4, -0.2) is 23.3 Å². The van der Waals surface area contributed by atoms with Gasteiger partial charge < -0.3 is 4.74 Å². The normalized spacial score (nSPS) is 10.7. The number of carbonyl (C=O) groups excluding carboxylic acids is 1. The van der Waals surface area contributed by atoms with E-state index in [1.54, 1.807) is 0 Å². The highest BCUT2D eigenvalue weighted by atomic mass is 35.5. The summed E-state index contributed by atoms with van der Waals surface area (Å²) in [6, 6.07) is 0.312. The lowest BCUT2D eigenvalue weighted by molar-refractivity contribution is 0.0593. The fraction of sp³-hybridized carbons (Fsp3) is 0.100. The quantitative estimate of drug-likeness (QED) is 0.593. The lowest BCUT2D eigenvalue weighted by atomic mass is 10.2. The van der Waals surface area contributed by atoms with Crippen LogP contribution in [0.3, 0.4) is 0 Å². The summed E-state index contributed by atoms with van der Waals surface area (Å²) in [7, 11) is 1.06. The molecule has 0 saturated heterocycles. The molecular formula is C10H4ClF3N2O2. The van der Waals surface area contributed by atoms with Crippen molar-refractivity contribution in [2.75, 3.05) is 7.11 Å². The third-order valence-electron chi connectivity index (χ3n) is 2.20. The van der Waals surface area contributed by atoms with Gasteiger partial charge in [0.25, 0.3) is 0 Å². The van der Waals surface area contributed by atoms with Gasteiger partial charge in [0.05, 0.1) is 17.5 Å². The number of hydrogen-bond acceptors (Lipinski definition) is 4. The Bertz CT molecular complexity index is 663. The fourth-order valence-electron chi connectivity index (χ4n) is 1.37. The van der Waals surface area contributed by atoms with Gasteiger partial charge in [0, 0.05) is 6.07 Å². The van der Waals surface area contributed by atoms with Gasteiger partial charge >= 0.3 is 5.97 Å². The zero-order chi connectivity index (χ0) is 13.4. The average molecular weight is 277 g/mol. The number of fused-ring (bicyclic) bond motifs is 1. The first-order valence-electron chi connectivity index (χ1n) is 4.55. The molecule has 0 spiro atoms. The Kier molecular flexibility index (Phi) is 3.08. The fourth-order valence-corrected chi connectivity index (χ4v) is 1.67. The van der Waals surface area contributed by atoms with E-state index < -0.39 is 45.0 Å². The number of ether oxygens (including phenoxy) is 1. The highest BCUT2D eigenvalue weighted by Crippen LogP contribution is 2.29.